The summed E-state index contributed by atoms with van der Waals surface area (Å²) in [5.74, 6) is 1.16. The second kappa shape index (κ2) is 6.21. The third kappa shape index (κ3) is 4.74. The molecule has 0 saturated carbocycles. The normalized spacial score (nSPS) is 14.0. The maximum Gasteiger partial charge on any atom is 0.0464 e. The third-order valence-corrected chi connectivity index (χ3v) is 4.06. The van der Waals surface area contributed by atoms with Gasteiger partial charge in [-0.05, 0) is 28.9 Å². The minimum Gasteiger partial charge on any atom is -0.313 e. The Bertz CT molecular complexity index is 230. The molecule has 0 spiro atoms. The summed E-state index contributed by atoms with van der Waals surface area (Å²) in [7, 11) is 1.80. The fraction of sp³-hybridized carbons (Fsp3) is 0.750. The summed E-state index contributed by atoms with van der Waals surface area (Å²) in [5, 5.41) is 3.94. The fourth-order valence-corrected chi connectivity index (χ4v) is 2.27. The molecule has 0 aliphatic rings. The van der Waals surface area contributed by atoms with E-state index >= 15 is 0 Å². The van der Waals surface area contributed by atoms with Gasteiger partial charge in [-0.15, -0.1) is 0 Å². The van der Waals surface area contributed by atoms with Gasteiger partial charge >= 0.3 is 0 Å². The lowest BCUT2D eigenvalue weighted by molar-refractivity contribution is 0.200. The molecule has 15 heavy (non-hydrogen) atoms. The van der Waals surface area contributed by atoms with E-state index in [4.69, 9.17) is 0 Å². The molecular formula is C12H24N2S. The topological polar surface area (TPSA) is 24.4 Å². The molecule has 0 radical (unpaired) electrons. The molecule has 0 aromatic rings. The molecule has 0 unspecified atom stereocenters. The molecule has 0 aliphatic carbocycles. The Balaban J connectivity index is 4.52. The molecule has 0 atom stereocenters. The highest BCUT2D eigenvalue weighted by atomic mass is 32.2. The van der Waals surface area contributed by atoms with E-state index in [1.165, 1.54) is 0 Å². The highest BCUT2D eigenvalue weighted by Gasteiger charge is 2.33. The van der Waals surface area contributed by atoms with Crippen LogP contribution in [0.1, 0.15) is 27.7 Å². The van der Waals surface area contributed by atoms with E-state index < -0.39 is 0 Å². The first-order valence-corrected chi connectivity index (χ1v) is 6.63. The van der Waals surface area contributed by atoms with Crippen LogP contribution in [-0.4, -0.2) is 25.3 Å². The van der Waals surface area contributed by atoms with Gasteiger partial charge in [0.25, 0.3) is 0 Å². The summed E-state index contributed by atoms with van der Waals surface area (Å²) in [4.78, 5) is 0. The van der Waals surface area contributed by atoms with Crippen molar-refractivity contribution in [2.45, 2.75) is 27.7 Å². The average Bonchev–Trinajstić information content (AvgIpc) is 2.12. The maximum absolute atomic E-state index is 3.94. The first-order chi connectivity index (χ1) is 6.87. The van der Waals surface area contributed by atoms with Gasteiger partial charge in [-0.2, -0.15) is 16.9 Å². The SMILES string of the molecule is CN/N=C\C=C\C(C)(C)C(C)(C)CSC. The predicted molar refractivity (Wildman–Crippen MR) is 72.6 cm³/mol. The predicted octanol–water partition coefficient (Wildman–Crippen LogP) is 3.16. The van der Waals surface area contributed by atoms with Crippen LogP contribution in [0.15, 0.2) is 17.3 Å². The molecule has 88 valence electrons. The van der Waals surface area contributed by atoms with Gasteiger partial charge in [-0.25, -0.2) is 0 Å². The molecule has 0 fully saturated rings. The molecule has 0 saturated heterocycles. The number of rotatable bonds is 6. The Labute approximate surface area is 98.6 Å². The van der Waals surface area contributed by atoms with Crippen LogP contribution in [0.3, 0.4) is 0 Å². The number of hydrazone groups is 1. The largest absolute Gasteiger partial charge is 0.313 e. The van der Waals surface area contributed by atoms with E-state index in [1.807, 2.05) is 17.8 Å². The lowest BCUT2D eigenvalue weighted by Crippen LogP contribution is -2.33. The van der Waals surface area contributed by atoms with Crippen molar-refractivity contribution in [1.29, 1.82) is 0 Å². The Kier molecular flexibility index (Phi) is 6.03. The van der Waals surface area contributed by atoms with Crippen LogP contribution >= 0.6 is 11.8 Å². The van der Waals surface area contributed by atoms with Crippen LogP contribution in [0.4, 0.5) is 0 Å². The highest BCUT2D eigenvalue weighted by Crippen LogP contribution is 2.41. The Hall–Kier alpha value is -0.440. The Morgan fingerprint density at radius 3 is 2.33 bits per heavy atom. The second-order valence-electron chi connectivity index (χ2n) is 4.90. The molecule has 3 heteroatoms. The lowest BCUT2D eigenvalue weighted by Gasteiger charge is -2.39. The van der Waals surface area contributed by atoms with Crippen molar-refractivity contribution >= 4 is 18.0 Å². The zero-order valence-corrected chi connectivity index (χ0v) is 11.6. The van der Waals surface area contributed by atoms with Crippen LogP contribution < -0.4 is 5.43 Å². The molecule has 0 amide bonds. The van der Waals surface area contributed by atoms with Crippen molar-refractivity contribution in [3.63, 3.8) is 0 Å². The standard InChI is InChI=1S/C12H24N2S/c1-11(2,8-7-9-14-13-5)12(3,4)10-15-6/h7-9,13H,10H2,1-6H3/b8-7+,14-9-. The van der Waals surface area contributed by atoms with Crippen molar-refractivity contribution in [1.82, 2.24) is 5.43 Å². The molecule has 0 bridgehead atoms. The number of hydrogen-bond acceptors (Lipinski definition) is 3. The van der Waals surface area contributed by atoms with Crippen LogP contribution in [-0.2, 0) is 0 Å². The zero-order chi connectivity index (χ0) is 11.9. The maximum atomic E-state index is 3.94. The van der Waals surface area contributed by atoms with Crippen molar-refractivity contribution in [3.8, 4) is 0 Å². The van der Waals surface area contributed by atoms with Gasteiger partial charge in [-0.3, -0.25) is 0 Å². The monoisotopic (exact) mass is 228 g/mol. The summed E-state index contributed by atoms with van der Waals surface area (Å²) in [6, 6.07) is 0. The molecule has 0 aromatic carbocycles. The summed E-state index contributed by atoms with van der Waals surface area (Å²) >= 11 is 1.90. The third-order valence-electron chi connectivity index (χ3n) is 3.05. The van der Waals surface area contributed by atoms with Gasteiger partial charge in [-0.1, -0.05) is 33.8 Å². The highest BCUT2D eigenvalue weighted by molar-refractivity contribution is 7.98. The van der Waals surface area contributed by atoms with Crippen molar-refractivity contribution in [3.05, 3.63) is 12.2 Å². The van der Waals surface area contributed by atoms with Gasteiger partial charge < -0.3 is 5.43 Å². The van der Waals surface area contributed by atoms with E-state index in [9.17, 15) is 0 Å². The lowest BCUT2D eigenvalue weighted by atomic mass is 9.69. The molecule has 0 aliphatic heterocycles. The molecule has 0 heterocycles. The second-order valence-corrected chi connectivity index (χ2v) is 5.77. The molecule has 1 N–H and O–H groups in total. The first-order valence-electron chi connectivity index (χ1n) is 5.24. The molecule has 2 nitrogen and oxygen atoms in total. The van der Waals surface area contributed by atoms with E-state index in [0.717, 1.165) is 5.75 Å². The first kappa shape index (κ1) is 14.6. The van der Waals surface area contributed by atoms with E-state index in [-0.39, 0.29) is 10.8 Å². The summed E-state index contributed by atoms with van der Waals surface area (Å²) in [5.41, 5.74) is 3.20. The number of hydrogen-bond donors (Lipinski definition) is 1. The smallest absolute Gasteiger partial charge is 0.0464 e. The molecule has 0 rings (SSSR count). The fourth-order valence-electron chi connectivity index (χ4n) is 1.17. The van der Waals surface area contributed by atoms with Crippen LogP contribution in [0.5, 0.6) is 0 Å². The van der Waals surface area contributed by atoms with Crippen LogP contribution in [0, 0.1) is 10.8 Å². The van der Waals surface area contributed by atoms with Gasteiger partial charge in [0, 0.05) is 13.3 Å². The zero-order valence-electron chi connectivity index (χ0n) is 10.8. The van der Waals surface area contributed by atoms with Crippen LogP contribution in [0.25, 0.3) is 0 Å². The van der Waals surface area contributed by atoms with Gasteiger partial charge in [0.05, 0.1) is 0 Å². The van der Waals surface area contributed by atoms with Gasteiger partial charge in [0.1, 0.15) is 0 Å². The number of allylic oxidation sites excluding steroid dienone is 2. The average molecular weight is 228 g/mol. The summed E-state index contributed by atoms with van der Waals surface area (Å²) < 4.78 is 0. The number of nitrogens with zero attached hydrogens (tertiary/aromatic N) is 1. The van der Waals surface area contributed by atoms with Crippen LogP contribution in [0.2, 0.25) is 0 Å². The minimum atomic E-state index is 0.176. The minimum absolute atomic E-state index is 0.176. The van der Waals surface area contributed by atoms with E-state index in [1.54, 1.807) is 13.3 Å². The van der Waals surface area contributed by atoms with Crippen molar-refractivity contribution < 1.29 is 0 Å². The van der Waals surface area contributed by atoms with Gasteiger partial charge in [0.15, 0.2) is 0 Å². The molecule has 0 aromatic heterocycles. The van der Waals surface area contributed by atoms with E-state index in [0.29, 0.717) is 0 Å². The molecular weight excluding hydrogens is 204 g/mol. The summed E-state index contributed by atoms with van der Waals surface area (Å²) in [6.45, 7) is 9.16. The summed E-state index contributed by atoms with van der Waals surface area (Å²) in [6.07, 6.45) is 8.18. The Morgan fingerprint density at radius 2 is 1.87 bits per heavy atom. The van der Waals surface area contributed by atoms with Crippen molar-refractivity contribution in [2.75, 3.05) is 19.1 Å². The number of thioether (sulfide) groups is 1. The number of nitrogens with one attached hydrogen (secondary N) is 1. The quantitative estimate of drug-likeness (QED) is 0.558. The Morgan fingerprint density at radius 1 is 1.27 bits per heavy atom. The van der Waals surface area contributed by atoms with Crippen molar-refractivity contribution in [2.24, 2.45) is 15.9 Å². The van der Waals surface area contributed by atoms with Gasteiger partial charge in [0.2, 0.25) is 0 Å². The van der Waals surface area contributed by atoms with E-state index in [2.05, 4.69) is 50.6 Å².